The van der Waals surface area contributed by atoms with Crippen molar-refractivity contribution in [3.8, 4) is 11.6 Å². The molecular formula is C16H16F2N2O. The second kappa shape index (κ2) is 5.77. The van der Waals surface area contributed by atoms with Crippen LogP contribution in [0.1, 0.15) is 24.0 Å². The highest BCUT2D eigenvalue weighted by atomic mass is 19.1. The van der Waals surface area contributed by atoms with Crippen LogP contribution in [0.15, 0.2) is 30.5 Å². The first-order valence-corrected chi connectivity index (χ1v) is 6.95. The number of halogens is 2. The molecule has 1 aromatic carbocycles. The fourth-order valence-electron chi connectivity index (χ4n) is 2.02. The lowest BCUT2D eigenvalue weighted by molar-refractivity contribution is 0.393. The molecule has 3 rings (SSSR count). The Balaban J connectivity index is 1.81. The van der Waals surface area contributed by atoms with Gasteiger partial charge in [0.15, 0.2) is 17.4 Å². The molecule has 0 atom stereocenters. The molecule has 0 radical (unpaired) electrons. The Morgan fingerprint density at radius 2 is 2.05 bits per heavy atom. The van der Waals surface area contributed by atoms with E-state index in [9.17, 15) is 8.78 Å². The molecule has 21 heavy (non-hydrogen) atoms. The molecule has 5 heteroatoms. The molecule has 0 aliphatic heterocycles. The molecule has 0 saturated heterocycles. The Kier molecular flexibility index (Phi) is 3.84. The summed E-state index contributed by atoms with van der Waals surface area (Å²) in [5.74, 6) is -1.27. The maximum atomic E-state index is 14.3. The molecule has 1 heterocycles. The summed E-state index contributed by atoms with van der Waals surface area (Å²) in [6.07, 6.45) is 3.73. The molecule has 1 saturated carbocycles. The number of benzene rings is 1. The second-order valence-electron chi connectivity index (χ2n) is 5.23. The number of hydrogen-bond acceptors (Lipinski definition) is 3. The van der Waals surface area contributed by atoms with Gasteiger partial charge in [-0.3, -0.25) is 0 Å². The zero-order chi connectivity index (χ0) is 14.8. The van der Waals surface area contributed by atoms with Crippen molar-refractivity contribution >= 4 is 0 Å². The van der Waals surface area contributed by atoms with Gasteiger partial charge < -0.3 is 10.1 Å². The molecule has 0 unspecified atom stereocenters. The van der Waals surface area contributed by atoms with Gasteiger partial charge in [-0.2, -0.15) is 0 Å². The first-order chi connectivity index (χ1) is 10.1. The number of rotatable bonds is 5. The predicted molar refractivity (Wildman–Crippen MR) is 75.3 cm³/mol. The summed E-state index contributed by atoms with van der Waals surface area (Å²) in [7, 11) is 0. The van der Waals surface area contributed by atoms with E-state index in [-0.39, 0.29) is 11.6 Å². The van der Waals surface area contributed by atoms with E-state index in [0.717, 1.165) is 12.8 Å². The molecule has 1 N–H and O–H groups in total. The summed E-state index contributed by atoms with van der Waals surface area (Å²) in [5, 5.41) is 3.23. The number of aromatic nitrogens is 1. The highest BCUT2D eigenvalue weighted by Crippen LogP contribution is 2.28. The van der Waals surface area contributed by atoms with Crippen LogP contribution in [0.4, 0.5) is 8.78 Å². The third-order valence-corrected chi connectivity index (χ3v) is 3.46. The van der Waals surface area contributed by atoms with E-state index in [1.54, 1.807) is 25.1 Å². The van der Waals surface area contributed by atoms with Gasteiger partial charge in [0.25, 0.3) is 5.88 Å². The van der Waals surface area contributed by atoms with Gasteiger partial charge in [-0.1, -0.05) is 12.1 Å². The van der Waals surface area contributed by atoms with Crippen molar-refractivity contribution in [3.05, 3.63) is 53.2 Å². The van der Waals surface area contributed by atoms with Crippen LogP contribution in [-0.2, 0) is 6.54 Å². The van der Waals surface area contributed by atoms with Crippen molar-refractivity contribution in [2.45, 2.75) is 32.4 Å². The fourth-order valence-corrected chi connectivity index (χ4v) is 2.02. The molecule has 0 amide bonds. The average molecular weight is 290 g/mol. The van der Waals surface area contributed by atoms with Crippen LogP contribution in [0.25, 0.3) is 0 Å². The minimum atomic E-state index is -0.549. The van der Waals surface area contributed by atoms with E-state index >= 15 is 0 Å². The summed E-state index contributed by atoms with van der Waals surface area (Å²) < 4.78 is 33.5. The zero-order valence-corrected chi connectivity index (χ0v) is 11.7. The fraction of sp³-hybridized carbons (Fsp3) is 0.312. The summed E-state index contributed by atoms with van der Waals surface area (Å²) in [6.45, 7) is 2.05. The standard InChI is InChI=1S/C16H16F2N2O/c1-10-3-2-4-13(14(10)17)21-16-15(18)11(7-8-19-16)9-20-12-5-6-12/h2-4,7-8,12,20H,5-6,9H2,1H3. The van der Waals surface area contributed by atoms with Crippen molar-refractivity contribution in [2.75, 3.05) is 0 Å². The Hall–Kier alpha value is -2.01. The highest BCUT2D eigenvalue weighted by Gasteiger charge is 2.21. The van der Waals surface area contributed by atoms with Gasteiger partial charge in [-0.25, -0.2) is 13.8 Å². The van der Waals surface area contributed by atoms with Crippen molar-refractivity contribution in [1.29, 1.82) is 0 Å². The second-order valence-corrected chi connectivity index (χ2v) is 5.23. The molecule has 3 nitrogen and oxygen atoms in total. The minimum absolute atomic E-state index is 0.0197. The number of hydrogen-bond donors (Lipinski definition) is 1. The summed E-state index contributed by atoms with van der Waals surface area (Å²) in [5.41, 5.74) is 0.916. The summed E-state index contributed by atoms with van der Waals surface area (Å²) in [4.78, 5) is 3.86. The molecule has 2 aromatic rings. The van der Waals surface area contributed by atoms with E-state index in [0.29, 0.717) is 23.7 Å². The van der Waals surface area contributed by atoms with E-state index < -0.39 is 11.6 Å². The van der Waals surface area contributed by atoms with Crippen molar-refractivity contribution in [1.82, 2.24) is 10.3 Å². The Morgan fingerprint density at radius 1 is 1.24 bits per heavy atom. The van der Waals surface area contributed by atoms with Crippen LogP contribution in [-0.4, -0.2) is 11.0 Å². The Bertz CT molecular complexity index is 657. The zero-order valence-electron chi connectivity index (χ0n) is 11.7. The maximum absolute atomic E-state index is 14.3. The molecule has 110 valence electrons. The summed E-state index contributed by atoms with van der Waals surface area (Å²) >= 11 is 0. The third-order valence-electron chi connectivity index (χ3n) is 3.46. The first-order valence-electron chi connectivity index (χ1n) is 6.95. The quantitative estimate of drug-likeness (QED) is 0.911. The largest absolute Gasteiger partial charge is 0.433 e. The van der Waals surface area contributed by atoms with E-state index in [1.165, 1.54) is 12.3 Å². The predicted octanol–water partition coefficient (Wildman–Crippen LogP) is 3.71. The number of ether oxygens (including phenoxy) is 1. The van der Waals surface area contributed by atoms with E-state index in [1.807, 2.05) is 0 Å². The lowest BCUT2D eigenvalue weighted by Gasteiger charge is -2.10. The molecule has 0 spiro atoms. The SMILES string of the molecule is Cc1cccc(Oc2nccc(CNC3CC3)c2F)c1F. The van der Waals surface area contributed by atoms with Crippen LogP contribution in [0.3, 0.4) is 0 Å². The smallest absolute Gasteiger partial charge is 0.256 e. The topological polar surface area (TPSA) is 34.1 Å². The highest BCUT2D eigenvalue weighted by molar-refractivity contribution is 5.34. The monoisotopic (exact) mass is 290 g/mol. The number of nitrogens with zero attached hydrogens (tertiary/aromatic N) is 1. The van der Waals surface area contributed by atoms with Gasteiger partial charge in [0.1, 0.15) is 0 Å². The van der Waals surface area contributed by atoms with Crippen LogP contribution in [0.5, 0.6) is 11.6 Å². The minimum Gasteiger partial charge on any atom is -0.433 e. The van der Waals surface area contributed by atoms with Gasteiger partial charge in [-0.15, -0.1) is 0 Å². The Morgan fingerprint density at radius 3 is 2.81 bits per heavy atom. The van der Waals surface area contributed by atoms with Gasteiger partial charge in [0, 0.05) is 24.3 Å². The molecule has 1 fully saturated rings. The van der Waals surface area contributed by atoms with Gasteiger partial charge in [-0.05, 0) is 37.5 Å². The molecule has 1 aliphatic carbocycles. The van der Waals surface area contributed by atoms with Gasteiger partial charge >= 0.3 is 0 Å². The summed E-state index contributed by atoms with van der Waals surface area (Å²) in [6, 6.07) is 6.82. The van der Waals surface area contributed by atoms with Crippen LogP contribution >= 0.6 is 0 Å². The average Bonchev–Trinajstić information content (AvgIpc) is 3.29. The van der Waals surface area contributed by atoms with Gasteiger partial charge in [0.05, 0.1) is 0 Å². The molecule has 1 aromatic heterocycles. The van der Waals surface area contributed by atoms with Crippen molar-refractivity contribution in [3.63, 3.8) is 0 Å². The third kappa shape index (κ3) is 3.19. The number of aryl methyl sites for hydroxylation is 1. The van der Waals surface area contributed by atoms with Crippen LogP contribution < -0.4 is 10.1 Å². The normalized spacial score (nSPS) is 14.2. The lowest BCUT2D eigenvalue weighted by Crippen LogP contribution is -2.16. The van der Waals surface area contributed by atoms with Crippen LogP contribution in [0.2, 0.25) is 0 Å². The molecular weight excluding hydrogens is 274 g/mol. The maximum Gasteiger partial charge on any atom is 0.256 e. The van der Waals surface area contributed by atoms with Crippen LogP contribution in [0, 0.1) is 18.6 Å². The van der Waals surface area contributed by atoms with Crippen molar-refractivity contribution < 1.29 is 13.5 Å². The lowest BCUT2D eigenvalue weighted by atomic mass is 10.2. The number of nitrogens with one attached hydrogen (secondary N) is 1. The van der Waals surface area contributed by atoms with E-state index in [2.05, 4.69) is 10.3 Å². The van der Waals surface area contributed by atoms with Gasteiger partial charge in [0.2, 0.25) is 0 Å². The first kappa shape index (κ1) is 13.9. The van der Waals surface area contributed by atoms with E-state index in [4.69, 9.17) is 4.74 Å². The molecule has 0 bridgehead atoms. The molecule has 1 aliphatic rings. The number of pyridine rings is 1. The Labute approximate surface area is 122 Å². The van der Waals surface area contributed by atoms with Crippen molar-refractivity contribution in [2.24, 2.45) is 0 Å².